The molecule has 21 heavy (non-hydrogen) atoms. The van der Waals surface area contributed by atoms with E-state index in [1.807, 2.05) is 30.3 Å². The maximum Gasteiger partial charge on any atom is 0.329 e. The van der Waals surface area contributed by atoms with E-state index in [1.165, 1.54) is 0 Å². The van der Waals surface area contributed by atoms with Gasteiger partial charge in [0.15, 0.2) is 0 Å². The zero-order valence-corrected chi connectivity index (χ0v) is 11.7. The highest BCUT2D eigenvalue weighted by Crippen LogP contribution is 2.23. The monoisotopic (exact) mass is 308 g/mol. The Kier molecular flexibility index (Phi) is 5.02. The second-order valence-corrected chi connectivity index (χ2v) is 4.68. The molecule has 2 N–H and O–H groups in total. The van der Waals surface area contributed by atoms with Gasteiger partial charge in [-0.15, -0.1) is 0 Å². The molecular weight excluding hydrogens is 296 g/mol. The summed E-state index contributed by atoms with van der Waals surface area (Å²) in [6.07, 6.45) is 1.53. The second-order valence-electron chi connectivity index (χ2n) is 4.34. The highest BCUT2D eigenvalue weighted by molar-refractivity contribution is 6.28. The van der Waals surface area contributed by atoms with Crippen LogP contribution in [0.15, 0.2) is 36.5 Å². The molecule has 2 rings (SSSR count). The predicted molar refractivity (Wildman–Crippen MR) is 78.3 cm³/mol. The standard InChI is InChI=1S/C13H13ClN4O3/c14-13-15-7-11(18(20)21)12(17-13)16-10(8-19)6-9-4-2-1-3-5-9/h1-5,7,10,19H,6,8H2,(H,15,16,17). The molecule has 0 spiro atoms. The Labute approximate surface area is 125 Å². The molecule has 1 atom stereocenters. The summed E-state index contributed by atoms with van der Waals surface area (Å²) in [4.78, 5) is 17.7. The van der Waals surface area contributed by atoms with E-state index in [9.17, 15) is 15.2 Å². The molecule has 0 aliphatic carbocycles. The van der Waals surface area contributed by atoms with E-state index >= 15 is 0 Å². The zero-order valence-electron chi connectivity index (χ0n) is 10.9. The van der Waals surface area contributed by atoms with Gasteiger partial charge in [-0.3, -0.25) is 10.1 Å². The third kappa shape index (κ3) is 4.11. The summed E-state index contributed by atoms with van der Waals surface area (Å²) in [5, 5.41) is 23.1. The SMILES string of the molecule is O=[N+]([O-])c1cnc(Cl)nc1NC(CO)Cc1ccccc1. The lowest BCUT2D eigenvalue weighted by molar-refractivity contribution is -0.384. The zero-order chi connectivity index (χ0) is 15.2. The van der Waals surface area contributed by atoms with Gasteiger partial charge in [0.05, 0.1) is 17.6 Å². The Bertz CT molecular complexity index is 624. The van der Waals surface area contributed by atoms with Crippen molar-refractivity contribution >= 4 is 23.1 Å². The van der Waals surface area contributed by atoms with Crippen molar-refractivity contribution in [3.63, 3.8) is 0 Å². The molecule has 1 aromatic carbocycles. The summed E-state index contributed by atoms with van der Waals surface area (Å²) in [6, 6.07) is 9.05. The Hall–Kier alpha value is -2.25. The number of aliphatic hydroxyl groups excluding tert-OH is 1. The highest BCUT2D eigenvalue weighted by atomic mass is 35.5. The Morgan fingerprint density at radius 2 is 2.10 bits per heavy atom. The number of benzene rings is 1. The fourth-order valence-electron chi connectivity index (χ4n) is 1.85. The number of nitrogens with zero attached hydrogens (tertiary/aromatic N) is 3. The summed E-state index contributed by atoms with van der Waals surface area (Å²) < 4.78 is 0. The molecule has 0 saturated heterocycles. The number of hydrogen-bond donors (Lipinski definition) is 2. The first-order valence-corrected chi connectivity index (χ1v) is 6.56. The van der Waals surface area contributed by atoms with E-state index < -0.39 is 11.0 Å². The average Bonchev–Trinajstić information content (AvgIpc) is 2.47. The summed E-state index contributed by atoms with van der Waals surface area (Å²) in [5.74, 6) is -0.00465. The molecule has 1 aromatic heterocycles. The normalized spacial score (nSPS) is 11.9. The number of aromatic nitrogens is 2. The van der Waals surface area contributed by atoms with Crippen molar-refractivity contribution in [3.8, 4) is 0 Å². The van der Waals surface area contributed by atoms with Gasteiger partial charge in [0, 0.05) is 0 Å². The summed E-state index contributed by atoms with van der Waals surface area (Å²) in [6.45, 7) is -0.201. The Morgan fingerprint density at radius 1 is 1.38 bits per heavy atom. The van der Waals surface area contributed by atoms with E-state index in [0.29, 0.717) is 6.42 Å². The van der Waals surface area contributed by atoms with Crippen LogP contribution in [0.3, 0.4) is 0 Å². The highest BCUT2D eigenvalue weighted by Gasteiger charge is 2.20. The molecule has 8 heteroatoms. The second kappa shape index (κ2) is 6.96. The molecule has 0 fully saturated rings. The third-order valence-electron chi connectivity index (χ3n) is 2.82. The fourth-order valence-corrected chi connectivity index (χ4v) is 1.98. The largest absolute Gasteiger partial charge is 0.394 e. The van der Waals surface area contributed by atoms with Crippen molar-refractivity contribution in [2.45, 2.75) is 12.5 Å². The van der Waals surface area contributed by atoms with Crippen LogP contribution < -0.4 is 5.32 Å². The Morgan fingerprint density at radius 3 is 2.71 bits per heavy atom. The predicted octanol–water partition coefficient (Wildman–Crippen LogP) is 2.05. The molecule has 0 aliphatic heterocycles. The average molecular weight is 309 g/mol. The van der Waals surface area contributed by atoms with Gasteiger partial charge in [-0.2, -0.15) is 4.98 Å². The summed E-state index contributed by atoms with van der Waals surface area (Å²) in [5.41, 5.74) is 0.706. The van der Waals surface area contributed by atoms with E-state index in [-0.39, 0.29) is 23.4 Å². The minimum Gasteiger partial charge on any atom is -0.394 e. The molecule has 1 unspecified atom stereocenters. The van der Waals surface area contributed by atoms with Crippen LogP contribution in [0.5, 0.6) is 0 Å². The first-order chi connectivity index (χ1) is 10.1. The number of hydrogen-bond acceptors (Lipinski definition) is 6. The molecule has 0 amide bonds. The van der Waals surface area contributed by atoms with Crippen LogP contribution in [0.2, 0.25) is 5.28 Å². The quantitative estimate of drug-likeness (QED) is 0.481. The molecule has 110 valence electrons. The van der Waals surface area contributed by atoms with Crippen LogP contribution in [0.1, 0.15) is 5.56 Å². The summed E-state index contributed by atoms with van der Waals surface area (Å²) >= 11 is 5.66. The third-order valence-corrected chi connectivity index (χ3v) is 3.01. The van der Waals surface area contributed by atoms with Crippen molar-refractivity contribution in [1.29, 1.82) is 0 Å². The van der Waals surface area contributed by atoms with Crippen LogP contribution >= 0.6 is 11.6 Å². The van der Waals surface area contributed by atoms with Gasteiger partial charge >= 0.3 is 5.69 Å². The van der Waals surface area contributed by atoms with Crippen LogP contribution in [-0.2, 0) is 6.42 Å². The molecule has 0 aliphatic rings. The van der Waals surface area contributed by atoms with Crippen LogP contribution in [0.4, 0.5) is 11.5 Å². The number of aliphatic hydroxyl groups is 1. The molecule has 0 radical (unpaired) electrons. The minimum absolute atomic E-state index is 0.00465. The van der Waals surface area contributed by atoms with E-state index in [2.05, 4.69) is 15.3 Å². The first kappa shape index (κ1) is 15.1. The minimum atomic E-state index is -0.602. The van der Waals surface area contributed by atoms with Crippen molar-refractivity contribution in [2.75, 3.05) is 11.9 Å². The summed E-state index contributed by atoms with van der Waals surface area (Å²) in [7, 11) is 0. The Balaban J connectivity index is 2.18. The lowest BCUT2D eigenvalue weighted by atomic mass is 10.1. The number of anilines is 1. The number of rotatable bonds is 6. The lowest BCUT2D eigenvalue weighted by Gasteiger charge is -2.16. The molecule has 0 bridgehead atoms. The van der Waals surface area contributed by atoms with Crippen molar-refractivity contribution in [1.82, 2.24) is 9.97 Å². The number of nitrogens with one attached hydrogen (secondary N) is 1. The lowest BCUT2D eigenvalue weighted by Crippen LogP contribution is -2.27. The van der Waals surface area contributed by atoms with Crippen molar-refractivity contribution < 1.29 is 10.0 Å². The molecule has 2 aromatic rings. The molecule has 0 saturated carbocycles. The van der Waals surface area contributed by atoms with Gasteiger partial charge in [0.2, 0.25) is 11.1 Å². The van der Waals surface area contributed by atoms with Crippen LogP contribution in [-0.4, -0.2) is 32.6 Å². The topological polar surface area (TPSA) is 101 Å². The first-order valence-electron chi connectivity index (χ1n) is 6.18. The van der Waals surface area contributed by atoms with E-state index in [1.54, 1.807) is 0 Å². The molecular formula is C13H13ClN4O3. The van der Waals surface area contributed by atoms with Crippen molar-refractivity contribution in [2.24, 2.45) is 0 Å². The van der Waals surface area contributed by atoms with E-state index in [4.69, 9.17) is 11.6 Å². The van der Waals surface area contributed by atoms with Crippen LogP contribution in [0, 0.1) is 10.1 Å². The van der Waals surface area contributed by atoms with Gasteiger partial charge in [-0.25, -0.2) is 4.98 Å². The van der Waals surface area contributed by atoms with Crippen LogP contribution in [0.25, 0.3) is 0 Å². The number of halogens is 1. The van der Waals surface area contributed by atoms with Gasteiger partial charge in [0.25, 0.3) is 0 Å². The molecule has 1 heterocycles. The van der Waals surface area contributed by atoms with Gasteiger partial charge < -0.3 is 10.4 Å². The maximum atomic E-state index is 10.9. The van der Waals surface area contributed by atoms with Gasteiger partial charge in [0.1, 0.15) is 6.20 Å². The molecule has 7 nitrogen and oxygen atoms in total. The van der Waals surface area contributed by atoms with Gasteiger partial charge in [-0.05, 0) is 23.6 Å². The van der Waals surface area contributed by atoms with Gasteiger partial charge in [-0.1, -0.05) is 30.3 Å². The number of nitro groups is 1. The van der Waals surface area contributed by atoms with Crippen molar-refractivity contribution in [3.05, 3.63) is 57.5 Å². The smallest absolute Gasteiger partial charge is 0.329 e. The fraction of sp³-hybridized carbons (Fsp3) is 0.231. The van der Waals surface area contributed by atoms with E-state index in [0.717, 1.165) is 11.8 Å². The maximum absolute atomic E-state index is 10.9.